The standard InChI is InChI=1S/C17H17N5O3S/c1-12-4-2-3-5-13(12)8-17(23)21-9-14-10-22(20-15(14)11-21)26(24,25)16-6-7-18-19-16/h2-7,10H,8-9,11H2,1H3,(H,18,19). The van der Waals surface area contributed by atoms with E-state index in [0.717, 1.165) is 20.8 Å². The summed E-state index contributed by atoms with van der Waals surface area (Å²) in [5.41, 5.74) is 3.42. The smallest absolute Gasteiger partial charge is 0.299 e. The van der Waals surface area contributed by atoms with Crippen LogP contribution in [0.2, 0.25) is 0 Å². The lowest BCUT2D eigenvalue weighted by Crippen LogP contribution is -2.28. The lowest BCUT2D eigenvalue weighted by atomic mass is 10.1. The summed E-state index contributed by atoms with van der Waals surface area (Å²) in [5.74, 6) is 0.000255. The average Bonchev–Trinajstić information content (AvgIpc) is 3.32. The molecule has 134 valence electrons. The molecule has 0 aliphatic carbocycles. The van der Waals surface area contributed by atoms with Crippen molar-refractivity contribution in [2.75, 3.05) is 0 Å². The van der Waals surface area contributed by atoms with Gasteiger partial charge in [0, 0.05) is 18.3 Å². The molecular formula is C17H17N5O3S. The molecule has 1 N–H and O–H groups in total. The molecule has 8 nitrogen and oxygen atoms in total. The molecule has 9 heteroatoms. The van der Waals surface area contributed by atoms with Crippen LogP contribution in [0.25, 0.3) is 0 Å². The topological polar surface area (TPSA) is 101 Å². The lowest BCUT2D eigenvalue weighted by molar-refractivity contribution is -0.131. The zero-order valence-corrected chi connectivity index (χ0v) is 14.9. The van der Waals surface area contributed by atoms with Crippen LogP contribution in [0.4, 0.5) is 0 Å². The van der Waals surface area contributed by atoms with Crippen LogP contribution < -0.4 is 0 Å². The highest BCUT2D eigenvalue weighted by Crippen LogP contribution is 2.24. The Morgan fingerprint density at radius 3 is 2.73 bits per heavy atom. The maximum atomic E-state index is 12.6. The van der Waals surface area contributed by atoms with Crippen molar-refractivity contribution in [3.05, 3.63) is 65.1 Å². The van der Waals surface area contributed by atoms with E-state index in [4.69, 9.17) is 0 Å². The van der Waals surface area contributed by atoms with Gasteiger partial charge in [-0.1, -0.05) is 24.3 Å². The molecule has 0 atom stereocenters. The number of aromatic nitrogens is 4. The van der Waals surface area contributed by atoms with Gasteiger partial charge in [-0.25, -0.2) is 0 Å². The van der Waals surface area contributed by atoms with Crippen LogP contribution in [0.1, 0.15) is 22.4 Å². The summed E-state index contributed by atoms with van der Waals surface area (Å²) in [6.45, 7) is 2.65. The summed E-state index contributed by atoms with van der Waals surface area (Å²) in [4.78, 5) is 14.3. The third-order valence-electron chi connectivity index (χ3n) is 4.51. The Balaban J connectivity index is 1.50. The largest absolute Gasteiger partial charge is 0.332 e. The number of aromatic amines is 1. The van der Waals surface area contributed by atoms with E-state index in [1.54, 1.807) is 4.90 Å². The van der Waals surface area contributed by atoms with Crippen molar-refractivity contribution >= 4 is 15.9 Å². The summed E-state index contributed by atoms with van der Waals surface area (Å²) in [6, 6.07) is 9.16. The number of carbonyl (C=O) groups is 1. The van der Waals surface area contributed by atoms with Crippen LogP contribution in [0.3, 0.4) is 0 Å². The van der Waals surface area contributed by atoms with Crippen molar-refractivity contribution in [2.45, 2.75) is 31.5 Å². The molecule has 26 heavy (non-hydrogen) atoms. The highest BCUT2D eigenvalue weighted by atomic mass is 32.2. The van der Waals surface area contributed by atoms with Crippen molar-refractivity contribution in [3.8, 4) is 0 Å². The first-order chi connectivity index (χ1) is 12.4. The minimum atomic E-state index is -3.78. The lowest BCUT2D eigenvalue weighted by Gasteiger charge is -2.16. The van der Waals surface area contributed by atoms with E-state index < -0.39 is 10.0 Å². The number of benzene rings is 1. The van der Waals surface area contributed by atoms with Crippen LogP contribution in [0.5, 0.6) is 0 Å². The van der Waals surface area contributed by atoms with E-state index in [2.05, 4.69) is 15.3 Å². The van der Waals surface area contributed by atoms with E-state index in [9.17, 15) is 13.2 Å². The SMILES string of the molecule is Cc1ccccc1CC(=O)N1Cc2cn(S(=O)(=O)c3ccn[nH]3)nc2C1. The fourth-order valence-electron chi connectivity index (χ4n) is 3.00. The molecule has 4 rings (SSSR count). The number of fused-ring (bicyclic) bond motifs is 1. The number of H-pyrrole nitrogens is 1. The Labute approximate surface area is 150 Å². The van der Waals surface area contributed by atoms with Gasteiger partial charge < -0.3 is 4.90 Å². The molecule has 3 heterocycles. The molecule has 1 aliphatic rings. The molecule has 0 unspecified atom stereocenters. The quantitative estimate of drug-likeness (QED) is 0.743. The van der Waals surface area contributed by atoms with E-state index >= 15 is 0 Å². The molecule has 1 aliphatic heterocycles. The van der Waals surface area contributed by atoms with Gasteiger partial charge >= 0.3 is 0 Å². The molecule has 0 fully saturated rings. The van der Waals surface area contributed by atoms with Crippen LogP contribution >= 0.6 is 0 Å². The Kier molecular flexibility index (Phi) is 3.87. The first-order valence-electron chi connectivity index (χ1n) is 8.10. The van der Waals surface area contributed by atoms with Crippen LogP contribution in [-0.2, 0) is 34.3 Å². The number of amides is 1. The fourth-order valence-corrected chi connectivity index (χ4v) is 4.07. The minimum Gasteiger partial charge on any atom is -0.332 e. The van der Waals surface area contributed by atoms with Crippen LogP contribution in [-0.4, -0.2) is 38.6 Å². The normalized spacial score (nSPS) is 13.8. The monoisotopic (exact) mass is 371 g/mol. The third kappa shape index (κ3) is 2.80. The second-order valence-corrected chi connectivity index (χ2v) is 8.02. The van der Waals surface area contributed by atoms with Gasteiger partial charge in [0.1, 0.15) is 0 Å². The van der Waals surface area contributed by atoms with Crippen LogP contribution in [0.15, 0.2) is 47.8 Å². The predicted octanol–water partition coefficient (Wildman–Crippen LogP) is 1.24. The number of nitrogens with one attached hydrogen (secondary N) is 1. The summed E-state index contributed by atoms with van der Waals surface area (Å²) < 4.78 is 25.8. The summed E-state index contributed by atoms with van der Waals surface area (Å²) >= 11 is 0. The van der Waals surface area contributed by atoms with Crippen molar-refractivity contribution < 1.29 is 13.2 Å². The molecule has 2 aromatic heterocycles. The fraction of sp³-hybridized carbons (Fsp3) is 0.235. The number of rotatable bonds is 4. The van der Waals surface area contributed by atoms with Gasteiger partial charge in [-0.2, -0.15) is 22.7 Å². The minimum absolute atomic E-state index is 0.000255. The van der Waals surface area contributed by atoms with Gasteiger partial charge in [-0.15, -0.1) is 0 Å². The predicted molar refractivity (Wildman–Crippen MR) is 92.5 cm³/mol. The maximum absolute atomic E-state index is 12.6. The Bertz CT molecular complexity index is 1050. The van der Waals surface area contributed by atoms with E-state index in [1.807, 2.05) is 31.2 Å². The molecule has 1 aromatic carbocycles. The number of nitrogens with zero attached hydrogens (tertiary/aromatic N) is 4. The van der Waals surface area contributed by atoms with E-state index in [1.165, 1.54) is 18.5 Å². The van der Waals surface area contributed by atoms with Gasteiger partial charge in [0.2, 0.25) is 5.91 Å². The number of carbonyl (C=O) groups excluding carboxylic acids is 1. The number of hydrogen-bond acceptors (Lipinski definition) is 5. The summed E-state index contributed by atoms with van der Waals surface area (Å²) in [5, 5.41) is 10.2. The second kappa shape index (κ2) is 6.10. The Morgan fingerprint density at radius 2 is 2.04 bits per heavy atom. The highest BCUT2D eigenvalue weighted by molar-refractivity contribution is 7.89. The number of hydrogen-bond donors (Lipinski definition) is 1. The first-order valence-corrected chi connectivity index (χ1v) is 9.54. The molecule has 0 saturated heterocycles. The highest BCUT2D eigenvalue weighted by Gasteiger charge is 2.29. The van der Waals surface area contributed by atoms with Gasteiger partial charge in [0.15, 0.2) is 5.03 Å². The van der Waals surface area contributed by atoms with Gasteiger partial charge in [-0.3, -0.25) is 9.89 Å². The second-order valence-electron chi connectivity index (χ2n) is 6.25. The summed E-state index contributed by atoms with van der Waals surface area (Å²) in [6.07, 6.45) is 3.16. The molecule has 3 aromatic rings. The van der Waals surface area contributed by atoms with Gasteiger partial charge in [0.25, 0.3) is 10.0 Å². The van der Waals surface area contributed by atoms with E-state index in [-0.39, 0.29) is 10.9 Å². The van der Waals surface area contributed by atoms with Crippen molar-refractivity contribution in [3.63, 3.8) is 0 Å². The zero-order chi connectivity index (χ0) is 18.3. The van der Waals surface area contributed by atoms with Crippen LogP contribution in [0, 0.1) is 6.92 Å². The molecule has 0 spiro atoms. The van der Waals surface area contributed by atoms with Crippen molar-refractivity contribution in [1.29, 1.82) is 0 Å². The Hall–Kier alpha value is -2.94. The zero-order valence-electron chi connectivity index (χ0n) is 14.1. The van der Waals surface area contributed by atoms with Gasteiger partial charge in [0.05, 0.1) is 24.9 Å². The third-order valence-corrected chi connectivity index (χ3v) is 5.98. The Morgan fingerprint density at radius 1 is 1.23 bits per heavy atom. The molecule has 0 saturated carbocycles. The summed E-state index contributed by atoms with van der Waals surface area (Å²) in [7, 11) is -3.78. The molecule has 1 amide bonds. The number of aryl methyl sites for hydroxylation is 1. The average molecular weight is 371 g/mol. The molecule has 0 bridgehead atoms. The first kappa shape index (κ1) is 16.5. The van der Waals surface area contributed by atoms with Crippen molar-refractivity contribution in [1.82, 2.24) is 24.3 Å². The van der Waals surface area contributed by atoms with Gasteiger partial charge in [-0.05, 0) is 24.1 Å². The van der Waals surface area contributed by atoms with Crippen molar-refractivity contribution in [2.24, 2.45) is 0 Å². The molecule has 0 radical (unpaired) electrons. The maximum Gasteiger partial charge on any atom is 0.299 e. The van der Waals surface area contributed by atoms with E-state index in [0.29, 0.717) is 25.2 Å². The molecular weight excluding hydrogens is 354 g/mol.